The predicted molar refractivity (Wildman–Crippen MR) is 75.4 cm³/mol. The van der Waals surface area contributed by atoms with E-state index in [9.17, 15) is 9.59 Å². The Morgan fingerprint density at radius 1 is 1.26 bits per heavy atom. The van der Waals surface area contributed by atoms with Crippen LogP contribution in [0.1, 0.15) is 32.4 Å². The number of primary amides is 1. The predicted octanol–water partition coefficient (Wildman–Crippen LogP) is 2.50. The van der Waals surface area contributed by atoms with Crippen LogP contribution in [0.2, 0.25) is 0 Å². The molecule has 3 N–H and O–H groups in total. The first kappa shape index (κ1) is 15.5. The minimum absolute atomic E-state index is 0.599. The summed E-state index contributed by atoms with van der Waals surface area (Å²) in [4.78, 5) is 23.1. The number of hydrogen-bond donors (Lipinski definition) is 2. The van der Waals surface area contributed by atoms with E-state index in [2.05, 4.69) is 21.2 Å². The van der Waals surface area contributed by atoms with E-state index in [0.29, 0.717) is 5.56 Å². The molecular weight excluding hydrogens is 312 g/mol. The summed E-state index contributed by atoms with van der Waals surface area (Å²) < 4.78 is 5.97. The van der Waals surface area contributed by atoms with Crippen LogP contribution in [0.25, 0.3) is 0 Å². The van der Waals surface area contributed by atoms with Gasteiger partial charge in [-0.3, -0.25) is 4.79 Å². The van der Waals surface area contributed by atoms with Gasteiger partial charge in [0, 0.05) is 4.47 Å². The fraction of sp³-hybridized carbons (Fsp3) is 0.385. The van der Waals surface area contributed by atoms with E-state index in [1.165, 1.54) is 0 Å². The Morgan fingerprint density at radius 2 is 1.79 bits per heavy atom. The van der Waals surface area contributed by atoms with Crippen LogP contribution in [-0.2, 0) is 9.53 Å². The molecule has 0 aliphatic carbocycles. The van der Waals surface area contributed by atoms with Gasteiger partial charge in [0.25, 0.3) is 0 Å². The third-order valence-corrected chi connectivity index (χ3v) is 2.68. The summed E-state index contributed by atoms with van der Waals surface area (Å²) in [5.41, 5.74) is 5.26. The molecular formula is C13H17BrN2O3. The van der Waals surface area contributed by atoms with Crippen LogP contribution in [-0.4, -0.2) is 17.6 Å². The molecule has 0 spiro atoms. The van der Waals surface area contributed by atoms with Crippen molar-refractivity contribution in [3.05, 3.63) is 34.3 Å². The Kier molecular flexibility index (Phi) is 4.94. The van der Waals surface area contributed by atoms with Crippen molar-refractivity contribution in [2.45, 2.75) is 32.4 Å². The van der Waals surface area contributed by atoms with Gasteiger partial charge in [-0.25, -0.2) is 4.79 Å². The van der Waals surface area contributed by atoms with Crippen molar-refractivity contribution >= 4 is 27.9 Å². The zero-order valence-electron chi connectivity index (χ0n) is 11.1. The summed E-state index contributed by atoms with van der Waals surface area (Å²) >= 11 is 3.29. The lowest BCUT2D eigenvalue weighted by Crippen LogP contribution is -2.40. The van der Waals surface area contributed by atoms with Crippen molar-refractivity contribution in [2.75, 3.05) is 0 Å². The van der Waals surface area contributed by atoms with Crippen molar-refractivity contribution < 1.29 is 14.3 Å². The van der Waals surface area contributed by atoms with Crippen LogP contribution in [0, 0.1) is 0 Å². The topological polar surface area (TPSA) is 81.4 Å². The summed E-state index contributed by atoms with van der Waals surface area (Å²) in [5, 5.41) is 2.46. The van der Waals surface area contributed by atoms with Crippen LogP contribution in [0.5, 0.6) is 0 Å². The Bertz CT molecular complexity index is 466. The molecule has 1 aromatic carbocycles. The molecule has 1 unspecified atom stereocenters. The molecule has 104 valence electrons. The van der Waals surface area contributed by atoms with E-state index >= 15 is 0 Å². The maximum atomic E-state index is 11.7. The first-order valence-corrected chi connectivity index (χ1v) is 6.52. The van der Waals surface area contributed by atoms with E-state index in [0.717, 1.165) is 4.47 Å². The van der Waals surface area contributed by atoms with Crippen molar-refractivity contribution in [3.63, 3.8) is 0 Å². The average Bonchev–Trinajstić information content (AvgIpc) is 2.24. The van der Waals surface area contributed by atoms with E-state index < -0.39 is 23.6 Å². The molecule has 1 atom stereocenters. The Labute approximate surface area is 120 Å². The molecule has 0 heterocycles. The van der Waals surface area contributed by atoms with Gasteiger partial charge in [0.1, 0.15) is 11.6 Å². The fourth-order valence-electron chi connectivity index (χ4n) is 1.40. The molecule has 0 aromatic heterocycles. The summed E-state index contributed by atoms with van der Waals surface area (Å²) in [5.74, 6) is -0.645. The minimum atomic E-state index is -0.914. The van der Waals surface area contributed by atoms with Crippen LogP contribution >= 0.6 is 15.9 Å². The standard InChI is InChI=1S/C13H17BrN2O3/c1-13(2,3)19-12(18)16-10(11(15)17)8-4-6-9(14)7-5-8/h4-7,10H,1-3H3,(H2,15,17)(H,16,18). The summed E-state index contributed by atoms with van der Waals surface area (Å²) in [6.07, 6.45) is -0.681. The van der Waals surface area contributed by atoms with Crippen LogP contribution in [0.4, 0.5) is 4.79 Å². The van der Waals surface area contributed by atoms with Crippen molar-refractivity contribution in [2.24, 2.45) is 5.73 Å². The number of carbonyl (C=O) groups is 2. The highest BCUT2D eigenvalue weighted by Gasteiger charge is 2.23. The quantitative estimate of drug-likeness (QED) is 0.894. The zero-order valence-corrected chi connectivity index (χ0v) is 12.7. The summed E-state index contributed by atoms with van der Waals surface area (Å²) in [6, 6.07) is 6.03. The zero-order chi connectivity index (χ0) is 14.6. The molecule has 0 bridgehead atoms. The largest absolute Gasteiger partial charge is 0.444 e. The van der Waals surface area contributed by atoms with E-state index in [-0.39, 0.29) is 0 Å². The third kappa shape index (κ3) is 5.30. The van der Waals surface area contributed by atoms with Gasteiger partial charge in [-0.15, -0.1) is 0 Å². The van der Waals surface area contributed by atoms with Gasteiger partial charge in [-0.1, -0.05) is 28.1 Å². The highest BCUT2D eigenvalue weighted by Crippen LogP contribution is 2.17. The molecule has 0 aliphatic heterocycles. The van der Waals surface area contributed by atoms with Crippen LogP contribution in [0.3, 0.4) is 0 Å². The summed E-state index contributed by atoms with van der Waals surface area (Å²) in [7, 11) is 0. The van der Waals surface area contributed by atoms with Crippen LogP contribution in [0.15, 0.2) is 28.7 Å². The number of halogens is 1. The van der Waals surface area contributed by atoms with Crippen molar-refractivity contribution in [1.82, 2.24) is 5.32 Å². The number of amides is 2. The number of rotatable bonds is 3. The molecule has 0 saturated carbocycles. The maximum Gasteiger partial charge on any atom is 0.408 e. The molecule has 2 amide bonds. The van der Waals surface area contributed by atoms with Crippen LogP contribution < -0.4 is 11.1 Å². The van der Waals surface area contributed by atoms with Crippen molar-refractivity contribution in [3.8, 4) is 0 Å². The number of nitrogens with one attached hydrogen (secondary N) is 1. The molecule has 1 rings (SSSR count). The van der Waals surface area contributed by atoms with Gasteiger partial charge in [0.15, 0.2) is 0 Å². The third-order valence-electron chi connectivity index (χ3n) is 2.15. The van der Waals surface area contributed by atoms with E-state index in [1.54, 1.807) is 45.0 Å². The molecule has 5 nitrogen and oxygen atoms in total. The van der Waals surface area contributed by atoms with E-state index in [1.807, 2.05) is 0 Å². The highest BCUT2D eigenvalue weighted by molar-refractivity contribution is 9.10. The first-order chi connectivity index (χ1) is 8.69. The van der Waals surface area contributed by atoms with E-state index in [4.69, 9.17) is 10.5 Å². The second-order valence-electron chi connectivity index (χ2n) is 5.03. The second kappa shape index (κ2) is 6.06. The average molecular weight is 329 g/mol. The first-order valence-electron chi connectivity index (χ1n) is 5.73. The second-order valence-corrected chi connectivity index (χ2v) is 5.95. The maximum absolute atomic E-state index is 11.7. The lowest BCUT2D eigenvalue weighted by molar-refractivity contribution is -0.120. The number of ether oxygens (including phenoxy) is 1. The van der Waals surface area contributed by atoms with Gasteiger partial charge in [0.2, 0.25) is 5.91 Å². The molecule has 0 saturated heterocycles. The minimum Gasteiger partial charge on any atom is -0.444 e. The Morgan fingerprint density at radius 3 is 2.21 bits per heavy atom. The van der Waals surface area contributed by atoms with Gasteiger partial charge < -0.3 is 15.8 Å². The highest BCUT2D eigenvalue weighted by atomic mass is 79.9. The molecule has 0 fully saturated rings. The monoisotopic (exact) mass is 328 g/mol. The number of nitrogens with two attached hydrogens (primary N) is 1. The smallest absolute Gasteiger partial charge is 0.408 e. The lowest BCUT2D eigenvalue weighted by Gasteiger charge is -2.22. The SMILES string of the molecule is CC(C)(C)OC(=O)NC(C(N)=O)c1ccc(Br)cc1. The van der Waals surface area contributed by atoms with Gasteiger partial charge in [-0.05, 0) is 38.5 Å². The Balaban J connectivity index is 2.82. The number of hydrogen-bond acceptors (Lipinski definition) is 3. The number of benzene rings is 1. The molecule has 0 aliphatic rings. The van der Waals surface area contributed by atoms with Gasteiger partial charge in [-0.2, -0.15) is 0 Å². The summed E-state index contributed by atoms with van der Waals surface area (Å²) in [6.45, 7) is 5.22. The molecule has 1 aromatic rings. The van der Waals surface area contributed by atoms with Gasteiger partial charge in [0.05, 0.1) is 0 Å². The molecule has 0 radical (unpaired) electrons. The fourth-order valence-corrected chi connectivity index (χ4v) is 1.66. The Hall–Kier alpha value is -1.56. The van der Waals surface area contributed by atoms with Gasteiger partial charge >= 0.3 is 6.09 Å². The number of carbonyl (C=O) groups excluding carboxylic acids is 2. The number of alkyl carbamates (subject to hydrolysis) is 1. The normalized spacial score (nSPS) is 12.6. The molecule has 6 heteroatoms. The lowest BCUT2D eigenvalue weighted by atomic mass is 10.1. The molecule has 19 heavy (non-hydrogen) atoms. The van der Waals surface area contributed by atoms with Crippen molar-refractivity contribution in [1.29, 1.82) is 0 Å².